The van der Waals surface area contributed by atoms with Crippen LogP contribution in [0.5, 0.6) is 0 Å². The van der Waals surface area contributed by atoms with Crippen LogP contribution < -0.4 is 0 Å². The first-order valence-corrected chi connectivity index (χ1v) is 9.90. The predicted molar refractivity (Wildman–Crippen MR) is 108 cm³/mol. The van der Waals surface area contributed by atoms with Crippen LogP contribution in [0.4, 0.5) is 4.39 Å². The van der Waals surface area contributed by atoms with Gasteiger partial charge in [0.15, 0.2) is 0 Å². The molecule has 5 heterocycles. The Morgan fingerprint density at radius 3 is 2.87 bits per heavy atom. The number of imidazole rings is 1. The highest BCUT2D eigenvalue weighted by Gasteiger charge is 2.37. The van der Waals surface area contributed by atoms with Crippen LogP contribution >= 0.6 is 0 Å². The fraction of sp³-hybridized carbons (Fsp3) is 0.333. The van der Waals surface area contributed by atoms with Gasteiger partial charge in [-0.05, 0) is 38.1 Å². The number of carbonyl (C=O) groups is 1. The minimum Gasteiger partial charge on any atom is -0.348 e. The number of hydrogen-bond donors (Lipinski definition) is 1. The fourth-order valence-electron chi connectivity index (χ4n) is 4.13. The van der Waals surface area contributed by atoms with Crippen molar-refractivity contribution in [2.75, 3.05) is 6.54 Å². The normalized spacial score (nSPS) is 17.3. The van der Waals surface area contributed by atoms with E-state index >= 15 is 0 Å². The van der Waals surface area contributed by atoms with Gasteiger partial charge >= 0.3 is 0 Å². The number of hydrogen-bond acceptors (Lipinski definition) is 4. The first-order valence-electron chi connectivity index (χ1n) is 9.90. The van der Waals surface area contributed by atoms with E-state index in [2.05, 4.69) is 15.1 Å². The largest absolute Gasteiger partial charge is 0.348 e. The first-order chi connectivity index (χ1) is 14.4. The van der Waals surface area contributed by atoms with Gasteiger partial charge in [-0.25, -0.2) is 13.9 Å². The molecule has 154 valence electrons. The molecule has 0 radical (unpaired) electrons. The van der Waals surface area contributed by atoms with Crippen LogP contribution in [0.1, 0.15) is 58.1 Å². The number of H-pyrrole nitrogens is 1. The zero-order chi connectivity index (χ0) is 21.0. The quantitative estimate of drug-likeness (QED) is 0.566. The molecule has 30 heavy (non-hydrogen) atoms. The number of fused-ring (bicyclic) bond motifs is 2. The van der Waals surface area contributed by atoms with Crippen molar-refractivity contribution in [1.82, 2.24) is 34.3 Å². The summed E-state index contributed by atoms with van der Waals surface area (Å²) in [5, 5.41) is 8.94. The molecule has 9 heteroatoms. The van der Waals surface area contributed by atoms with Gasteiger partial charge < -0.3 is 9.88 Å². The van der Waals surface area contributed by atoms with Crippen molar-refractivity contribution in [1.29, 1.82) is 0 Å². The second-order valence-corrected chi connectivity index (χ2v) is 7.68. The van der Waals surface area contributed by atoms with E-state index in [-0.39, 0.29) is 11.6 Å². The van der Waals surface area contributed by atoms with Crippen molar-refractivity contribution in [3.8, 4) is 0 Å². The molecule has 4 aromatic rings. The SMILES string of the molecule is Cc1cccc2cc([C@H]3c4nc[nH]c4CCN3C(=O)c3cc(C(C)F)nn3C)nn12. The van der Waals surface area contributed by atoms with Gasteiger partial charge in [-0.2, -0.15) is 10.2 Å². The van der Waals surface area contributed by atoms with Crippen LogP contribution in [-0.2, 0) is 13.5 Å². The van der Waals surface area contributed by atoms with Crippen molar-refractivity contribution < 1.29 is 9.18 Å². The molecule has 1 aliphatic heterocycles. The van der Waals surface area contributed by atoms with E-state index in [0.717, 1.165) is 28.3 Å². The molecule has 0 saturated heterocycles. The third-order valence-corrected chi connectivity index (χ3v) is 5.69. The van der Waals surface area contributed by atoms with Crippen LogP contribution in [0, 0.1) is 6.92 Å². The number of carbonyl (C=O) groups excluding carboxylic acids is 1. The lowest BCUT2D eigenvalue weighted by Crippen LogP contribution is -2.41. The van der Waals surface area contributed by atoms with E-state index in [9.17, 15) is 9.18 Å². The minimum atomic E-state index is -1.24. The van der Waals surface area contributed by atoms with Gasteiger partial charge in [0, 0.05) is 31.4 Å². The number of aromatic amines is 1. The Morgan fingerprint density at radius 1 is 1.30 bits per heavy atom. The van der Waals surface area contributed by atoms with Crippen molar-refractivity contribution in [3.63, 3.8) is 0 Å². The van der Waals surface area contributed by atoms with E-state index < -0.39 is 12.2 Å². The number of rotatable bonds is 3. The number of aromatic nitrogens is 6. The van der Waals surface area contributed by atoms with Gasteiger partial charge in [-0.1, -0.05) is 6.07 Å². The Kier molecular flexibility index (Phi) is 4.19. The van der Waals surface area contributed by atoms with Crippen molar-refractivity contribution in [2.24, 2.45) is 7.05 Å². The predicted octanol–water partition coefficient (Wildman–Crippen LogP) is 2.92. The van der Waals surface area contributed by atoms with Crippen LogP contribution in [0.15, 0.2) is 36.7 Å². The molecule has 2 atom stereocenters. The maximum absolute atomic E-state index is 13.8. The van der Waals surface area contributed by atoms with Gasteiger partial charge in [-0.15, -0.1) is 0 Å². The first kappa shape index (κ1) is 18.5. The van der Waals surface area contributed by atoms with E-state index in [4.69, 9.17) is 5.10 Å². The summed E-state index contributed by atoms with van der Waals surface area (Å²) < 4.78 is 17.1. The smallest absolute Gasteiger partial charge is 0.273 e. The van der Waals surface area contributed by atoms with E-state index in [1.54, 1.807) is 18.3 Å². The third-order valence-electron chi connectivity index (χ3n) is 5.69. The summed E-state index contributed by atoms with van der Waals surface area (Å²) in [6.07, 6.45) is 1.07. The lowest BCUT2D eigenvalue weighted by atomic mass is 9.99. The highest BCUT2D eigenvalue weighted by Crippen LogP contribution is 2.34. The molecule has 8 nitrogen and oxygen atoms in total. The zero-order valence-corrected chi connectivity index (χ0v) is 17.0. The van der Waals surface area contributed by atoms with Crippen LogP contribution in [0.25, 0.3) is 5.52 Å². The maximum atomic E-state index is 13.8. The van der Waals surface area contributed by atoms with Gasteiger partial charge in [0.1, 0.15) is 17.9 Å². The standard InChI is InChI=1S/C21H22FN7O/c1-12-5-4-6-14-9-17(26-29(12)14)20-19-15(23-11-24-19)7-8-28(20)21(30)18-10-16(13(2)22)25-27(18)3/h4-6,9-11,13,20H,7-8H2,1-3H3,(H,23,24)/t13?,20-/m0/s1. The van der Waals surface area contributed by atoms with E-state index in [1.165, 1.54) is 17.7 Å². The van der Waals surface area contributed by atoms with Gasteiger partial charge in [0.05, 0.1) is 28.9 Å². The third kappa shape index (κ3) is 2.80. The average Bonchev–Trinajstić information content (AvgIpc) is 3.44. The van der Waals surface area contributed by atoms with Gasteiger partial charge in [-0.3, -0.25) is 9.48 Å². The fourth-order valence-corrected chi connectivity index (χ4v) is 4.13. The molecule has 1 amide bonds. The monoisotopic (exact) mass is 407 g/mol. The van der Waals surface area contributed by atoms with Crippen LogP contribution in [-0.4, -0.2) is 46.7 Å². The topological polar surface area (TPSA) is 84.1 Å². The van der Waals surface area contributed by atoms with E-state index in [1.807, 2.05) is 35.7 Å². The molecule has 0 saturated carbocycles. The number of nitrogens with one attached hydrogen (secondary N) is 1. The number of halogens is 1. The summed E-state index contributed by atoms with van der Waals surface area (Å²) in [5.41, 5.74) is 5.08. The molecular weight excluding hydrogens is 385 g/mol. The highest BCUT2D eigenvalue weighted by molar-refractivity contribution is 5.93. The summed E-state index contributed by atoms with van der Waals surface area (Å²) in [6.45, 7) is 3.90. The Morgan fingerprint density at radius 2 is 2.13 bits per heavy atom. The molecule has 1 unspecified atom stereocenters. The molecule has 0 fully saturated rings. The molecular formula is C21H22FN7O. The Hall–Kier alpha value is -3.49. The molecule has 1 aliphatic rings. The molecule has 1 N–H and O–H groups in total. The van der Waals surface area contributed by atoms with Crippen molar-refractivity contribution in [3.05, 3.63) is 70.8 Å². The van der Waals surface area contributed by atoms with Crippen LogP contribution in [0.3, 0.4) is 0 Å². The Balaban J connectivity index is 1.62. The summed E-state index contributed by atoms with van der Waals surface area (Å²) >= 11 is 0. The van der Waals surface area contributed by atoms with Crippen molar-refractivity contribution >= 4 is 11.4 Å². The molecule has 0 bridgehead atoms. The second-order valence-electron chi connectivity index (χ2n) is 7.68. The summed E-state index contributed by atoms with van der Waals surface area (Å²) in [7, 11) is 1.66. The number of pyridine rings is 1. The minimum absolute atomic E-state index is 0.218. The van der Waals surface area contributed by atoms with Gasteiger partial charge in [0.25, 0.3) is 5.91 Å². The van der Waals surface area contributed by atoms with Crippen LogP contribution in [0.2, 0.25) is 0 Å². The molecule has 4 aromatic heterocycles. The number of amides is 1. The number of aryl methyl sites for hydroxylation is 2. The molecule has 5 rings (SSSR count). The van der Waals surface area contributed by atoms with Gasteiger partial charge in [0.2, 0.25) is 0 Å². The average molecular weight is 407 g/mol. The van der Waals surface area contributed by atoms with Crippen molar-refractivity contribution in [2.45, 2.75) is 32.5 Å². The lowest BCUT2D eigenvalue weighted by molar-refractivity contribution is 0.0675. The molecule has 0 aromatic carbocycles. The summed E-state index contributed by atoms with van der Waals surface area (Å²) in [6, 6.07) is 9.03. The Labute approximate surface area is 172 Å². The number of nitrogens with zero attached hydrogens (tertiary/aromatic N) is 6. The maximum Gasteiger partial charge on any atom is 0.273 e. The summed E-state index contributed by atoms with van der Waals surface area (Å²) in [4.78, 5) is 23.0. The highest BCUT2D eigenvalue weighted by atomic mass is 19.1. The van der Waals surface area contributed by atoms with E-state index in [0.29, 0.717) is 18.7 Å². The lowest BCUT2D eigenvalue weighted by Gasteiger charge is -2.33. The second kappa shape index (κ2) is 6.79. The Bertz CT molecular complexity index is 1250. The summed E-state index contributed by atoms with van der Waals surface area (Å²) in [5.74, 6) is -0.218. The number of alkyl halides is 1. The molecule has 0 aliphatic carbocycles. The molecule has 0 spiro atoms. The zero-order valence-electron chi connectivity index (χ0n) is 17.0.